The van der Waals surface area contributed by atoms with E-state index >= 15 is 0 Å². The molecule has 0 fully saturated rings. The zero-order valence-corrected chi connectivity index (χ0v) is 14.1. The predicted molar refractivity (Wildman–Crippen MR) is 90.3 cm³/mol. The summed E-state index contributed by atoms with van der Waals surface area (Å²) in [6, 6.07) is 7.87. The van der Waals surface area contributed by atoms with Crippen LogP contribution in [0.25, 0.3) is 11.0 Å². The Kier molecular flexibility index (Phi) is 8.32. The molecule has 2 rings (SSSR count). The second kappa shape index (κ2) is 8.87. The number of rotatable bonds is 5. The first kappa shape index (κ1) is 19.7. The van der Waals surface area contributed by atoms with E-state index in [0.29, 0.717) is 13.0 Å². The van der Waals surface area contributed by atoms with Crippen molar-refractivity contribution in [2.75, 3.05) is 13.6 Å². The second-order valence-electron chi connectivity index (χ2n) is 4.66. The third-order valence-electron chi connectivity index (χ3n) is 3.19. The van der Waals surface area contributed by atoms with Gasteiger partial charge in [0.15, 0.2) is 0 Å². The number of nitrogens with one attached hydrogen (secondary N) is 2. The van der Waals surface area contributed by atoms with E-state index in [1.165, 1.54) is 0 Å². The number of hydrogen-bond acceptors (Lipinski definition) is 3. The molecule has 0 aliphatic carbocycles. The minimum Gasteiger partial charge on any atom is -0.346 e. The van der Waals surface area contributed by atoms with Crippen molar-refractivity contribution < 1.29 is 4.79 Å². The lowest BCUT2D eigenvalue weighted by Crippen LogP contribution is -2.30. The van der Waals surface area contributed by atoms with Crippen molar-refractivity contribution in [1.29, 1.82) is 0 Å². The van der Waals surface area contributed by atoms with Gasteiger partial charge in [0, 0.05) is 20.0 Å². The summed E-state index contributed by atoms with van der Waals surface area (Å²) in [7, 11) is 3.81. The minimum absolute atomic E-state index is 0. The summed E-state index contributed by atoms with van der Waals surface area (Å²) in [5, 5.41) is 5.93. The molecule has 1 heterocycles. The molecule has 0 spiro atoms. The summed E-state index contributed by atoms with van der Waals surface area (Å²) in [5.74, 6) is 0.910. The first-order valence-corrected chi connectivity index (χ1v) is 6.48. The second-order valence-corrected chi connectivity index (χ2v) is 4.66. The largest absolute Gasteiger partial charge is 0.346 e. The van der Waals surface area contributed by atoms with E-state index in [1.807, 2.05) is 49.9 Å². The van der Waals surface area contributed by atoms with Gasteiger partial charge in [-0.25, -0.2) is 4.98 Å². The van der Waals surface area contributed by atoms with Crippen LogP contribution in [-0.4, -0.2) is 29.1 Å². The summed E-state index contributed by atoms with van der Waals surface area (Å²) in [6.07, 6.45) is 0.477. The molecule has 0 saturated carbocycles. The van der Waals surface area contributed by atoms with Gasteiger partial charge in [-0.2, -0.15) is 0 Å². The molecule has 118 valence electrons. The van der Waals surface area contributed by atoms with Crippen LogP contribution >= 0.6 is 24.8 Å². The highest BCUT2D eigenvalue weighted by atomic mass is 35.5. The normalized spacial score (nSPS) is 11.4. The molecule has 2 aromatic rings. The number of carbonyl (C=O) groups excluding carboxylic acids is 1. The summed E-state index contributed by atoms with van der Waals surface area (Å²) >= 11 is 0. The average molecular weight is 333 g/mol. The molecule has 0 bridgehead atoms. The van der Waals surface area contributed by atoms with E-state index in [1.54, 1.807) is 0 Å². The van der Waals surface area contributed by atoms with Gasteiger partial charge in [-0.1, -0.05) is 12.1 Å². The molecule has 1 atom stereocenters. The van der Waals surface area contributed by atoms with Crippen LogP contribution in [0.5, 0.6) is 0 Å². The molecule has 5 nitrogen and oxygen atoms in total. The Morgan fingerprint density at radius 3 is 2.62 bits per heavy atom. The number of amides is 1. The average Bonchev–Trinajstić information content (AvgIpc) is 2.74. The van der Waals surface area contributed by atoms with E-state index in [9.17, 15) is 4.79 Å². The predicted octanol–water partition coefficient (Wildman–Crippen LogP) is 2.20. The third kappa shape index (κ3) is 4.59. The first-order chi connectivity index (χ1) is 9.13. The Labute approximate surface area is 137 Å². The number of aryl methyl sites for hydroxylation is 1. The highest BCUT2D eigenvalue weighted by Gasteiger charge is 2.15. The SMILES string of the molecule is CNCCC(=O)NC(C)c1nc2ccccc2n1C.Cl.Cl. The van der Waals surface area contributed by atoms with Crippen molar-refractivity contribution in [3.8, 4) is 0 Å². The summed E-state index contributed by atoms with van der Waals surface area (Å²) < 4.78 is 2.03. The number of halogens is 2. The van der Waals surface area contributed by atoms with Gasteiger partial charge in [0.05, 0.1) is 17.1 Å². The molecule has 1 aromatic heterocycles. The van der Waals surface area contributed by atoms with Gasteiger partial charge < -0.3 is 15.2 Å². The standard InChI is InChI=1S/C14H20N4O.2ClH/c1-10(16-13(19)8-9-15-2)14-17-11-6-4-5-7-12(11)18(14)3;;/h4-7,10,15H,8-9H2,1-3H3,(H,16,19);2*1H. The highest BCUT2D eigenvalue weighted by molar-refractivity contribution is 5.85. The van der Waals surface area contributed by atoms with Crippen LogP contribution in [0, 0.1) is 0 Å². The monoisotopic (exact) mass is 332 g/mol. The molecule has 0 saturated heterocycles. The van der Waals surface area contributed by atoms with Crippen molar-refractivity contribution in [2.45, 2.75) is 19.4 Å². The van der Waals surface area contributed by atoms with Crippen LogP contribution in [0.4, 0.5) is 0 Å². The Bertz CT molecular complexity index is 585. The maximum Gasteiger partial charge on any atom is 0.221 e. The van der Waals surface area contributed by atoms with Gasteiger partial charge in [-0.05, 0) is 26.1 Å². The van der Waals surface area contributed by atoms with Crippen molar-refractivity contribution in [3.05, 3.63) is 30.1 Å². The summed E-state index contributed by atoms with van der Waals surface area (Å²) in [4.78, 5) is 16.3. The smallest absolute Gasteiger partial charge is 0.221 e. The lowest BCUT2D eigenvalue weighted by Gasteiger charge is -2.13. The first-order valence-electron chi connectivity index (χ1n) is 6.48. The van der Waals surface area contributed by atoms with Crippen molar-refractivity contribution in [2.24, 2.45) is 7.05 Å². The maximum atomic E-state index is 11.7. The Hall–Kier alpha value is -1.30. The Balaban J connectivity index is 0.00000200. The van der Waals surface area contributed by atoms with Gasteiger partial charge in [-0.3, -0.25) is 4.79 Å². The fourth-order valence-corrected chi connectivity index (χ4v) is 2.17. The van der Waals surface area contributed by atoms with Crippen LogP contribution in [0.1, 0.15) is 25.2 Å². The number of imidazole rings is 1. The molecule has 1 aromatic carbocycles. The lowest BCUT2D eigenvalue weighted by atomic mass is 10.3. The lowest BCUT2D eigenvalue weighted by molar-refractivity contribution is -0.121. The van der Waals surface area contributed by atoms with Crippen LogP contribution in [0.3, 0.4) is 0 Å². The number of carbonyl (C=O) groups is 1. The minimum atomic E-state index is -0.0956. The van der Waals surface area contributed by atoms with Crippen molar-refractivity contribution >= 4 is 41.8 Å². The molecule has 2 N–H and O–H groups in total. The van der Waals surface area contributed by atoms with E-state index in [4.69, 9.17) is 0 Å². The molecule has 0 radical (unpaired) electrons. The number of nitrogens with zero attached hydrogens (tertiary/aromatic N) is 2. The number of fused-ring (bicyclic) bond motifs is 1. The van der Waals surface area contributed by atoms with E-state index in [2.05, 4.69) is 15.6 Å². The van der Waals surface area contributed by atoms with Gasteiger partial charge >= 0.3 is 0 Å². The molecular weight excluding hydrogens is 311 g/mol. The summed E-state index contributed by atoms with van der Waals surface area (Å²) in [6.45, 7) is 2.64. The third-order valence-corrected chi connectivity index (χ3v) is 3.19. The number of para-hydroxylation sites is 2. The highest BCUT2D eigenvalue weighted by Crippen LogP contribution is 2.18. The molecule has 7 heteroatoms. The molecule has 0 aliphatic rings. The fourth-order valence-electron chi connectivity index (χ4n) is 2.17. The zero-order chi connectivity index (χ0) is 13.8. The van der Waals surface area contributed by atoms with Gasteiger partial charge in [0.2, 0.25) is 5.91 Å². The van der Waals surface area contributed by atoms with Gasteiger partial charge in [-0.15, -0.1) is 24.8 Å². The Morgan fingerprint density at radius 2 is 2.00 bits per heavy atom. The molecular formula is C14H22Cl2N4O. The Morgan fingerprint density at radius 1 is 1.33 bits per heavy atom. The molecule has 1 unspecified atom stereocenters. The zero-order valence-electron chi connectivity index (χ0n) is 12.4. The number of benzene rings is 1. The number of hydrogen-bond donors (Lipinski definition) is 2. The van der Waals surface area contributed by atoms with Crippen LogP contribution < -0.4 is 10.6 Å². The van der Waals surface area contributed by atoms with Gasteiger partial charge in [0.25, 0.3) is 0 Å². The topological polar surface area (TPSA) is 59.0 Å². The van der Waals surface area contributed by atoms with E-state index in [-0.39, 0.29) is 36.8 Å². The quantitative estimate of drug-likeness (QED) is 0.882. The van der Waals surface area contributed by atoms with E-state index < -0.39 is 0 Å². The van der Waals surface area contributed by atoms with Crippen LogP contribution in [-0.2, 0) is 11.8 Å². The molecule has 1 amide bonds. The fraction of sp³-hybridized carbons (Fsp3) is 0.429. The molecule has 21 heavy (non-hydrogen) atoms. The van der Waals surface area contributed by atoms with Crippen LogP contribution in [0.15, 0.2) is 24.3 Å². The van der Waals surface area contributed by atoms with Crippen molar-refractivity contribution in [3.63, 3.8) is 0 Å². The maximum absolute atomic E-state index is 11.7. The van der Waals surface area contributed by atoms with Crippen molar-refractivity contribution in [1.82, 2.24) is 20.2 Å². The van der Waals surface area contributed by atoms with E-state index in [0.717, 1.165) is 16.9 Å². The van der Waals surface area contributed by atoms with Crippen LogP contribution in [0.2, 0.25) is 0 Å². The van der Waals surface area contributed by atoms with Gasteiger partial charge in [0.1, 0.15) is 5.82 Å². The molecule has 0 aliphatic heterocycles. The summed E-state index contributed by atoms with van der Waals surface area (Å²) in [5.41, 5.74) is 2.03. The number of aromatic nitrogens is 2.